The highest BCUT2D eigenvalue weighted by Crippen LogP contribution is 2.32. The standard InChI is InChI=1S/C21H25N3O2S/c1-14-5-3-4-6-16(14)12-22-21(25)19-17(13-24-7-9-26-10-8-24)20-18(23-19)11-15(2)27-20/h3-6,11,23H,7-10,12-13H2,1-2H3,(H,22,25). The molecule has 2 aromatic heterocycles. The van der Waals surface area contributed by atoms with Crippen LogP contribution in [-0.2, 0) is 17.8 Å². The fourth-order valence-corrected chi connectivity index (χ4v) is 4.56. The average molecular weight is 384 g/mol. The number of hydrogen-bond donors (Lipinski definition) is 2. The van der Waals surface area contributed by atoms with Gasteiger partial charge in [0.25, 0.3) is 5.91 Å². The summed E-state index contributed by atoms with van der Waals surface area (Å²) < 4.78 is 6.66. The number of carbonyl (C=O) groups is 1. The lowest BCUT2D eigenvalue weighted by Gasteiger charge is -2.26. The number of morpholine rings is 1. The first kappa shape index (κ1) is 18.2. The Bertz CT molecular complexity index is 954. The van der Waals surface area contributed by atoms with Gasteiger partial charge in [0, 0.05) is 36.6 Å². The van der Waals surface area contributed by atoms with E-state index in [1.54, 1.807) is 11.3 Å². The summed E-state index contributed by atoms with van der Waals surface area (Å²) in [5.41, 5.74) is 5.18. The zero-order valence-electron chi connectivity index (χ0n) is 15.8. The van der Waals surface area contributed by atoms with E-state index in [0.717, 1.165) is 49.5 Å². The largest absolute Gasteiger partial charge is 0.379 e. The predicted octanol–water partition coefficient (Wildman–Crippen LogP) is 3.61. The fraction of sp³-hybridized carbons (Fsp3) is 0.381. The molecule has 27 heavy (non-hydrogen) atoms. The summed E-state index contributed by atoms with van der Waals surface area (Å²) in [5.74, 6) is -0.0393. The van der Waals surface area contributed by atoms with Crippen molar-refractivity contribution in [1.82, 2.24) is 15.2 Å². The highest BCUT2D eigenvalue weighted by Gasteiger charge is 2.22. The Labute approximate surface area is 163 Å². The maximum absolute atomic E-state index is 13.0. The van der Waals surface area contributed by atoms with E-state index in [4.69, 9.17) is 4.74 Å². The maximum Gasteiger partial charge on any atom is 0.268 e. The number of carbonyl (C=O) groups excluding carboxylic acids is 1. The summed E-state index contributed by atoms with van der Waals surface area (Å²) in [4.78, 5) is 19.9. The molecule has 1 aliphatic heterocycles. The molecule has 3 heterocycles. The Morgan fingerprint density at radius 3 is 2.81 bits per heavy atom. The number of nitrogens with one attached hydrogen (secondary N) is 2. The third kappa shape index (κ3) is 3.93. The van der Waals surface area contributed by atoms with Crippen LogP contribution in [0.4, 0.5) is 0 Å². The number of rotatable bonds is 5. The van der Waals surface area contributed by atoms with E-state index in [1.807, 2.05) is 12.1 Å². The van der Waals surface area contributed by atoms with Gasteiger partial charge in [0.15, 0.2) is 0 Å². The second-order valence-corrected chi connectivity index (χ2v) is 8.33. The van der Waals surface area contributed by atoms with Gasteiger partial charge in [0.2, 0.25) is 0 Å². The minimum absolute atomic E-state index is 0.0393. The number of nitrogens with zero attached hydrogens (tertiary/aromatic N) is 1. The van der Waals surface area contributed by atoms with Crippen molar-refractivity contribution in [3.63, 3.8) is 0 Å². The molecule has 6 heteroatoms. The number of hydrogen-bond acceptors (Lipinski definition) is 4. The van der Waals surface area contributed by atoms with Crippen molar-refractivity contribution in [3.05, 3.63) is 57.6 Å². The number of ether oxygens (including phenoxy) is 1. The first-order valence-electron chi connectivity index (χ1n) is 9.35. The molecule has 4 rings (SSSR count). The molecule has 1 amide bonds. The van der Waals surface area contributed by atoms with Gasteiger partial charge in [0.05, 0.1) is 23.4 Å². The Morgan fingerprint density at radius 1 is 1.26 bits per heavy atom. The smallest absolute Gasteiger partial charge is 0.268 e. The third-order valence-corrected chi connectivity index (χ3v) is 6.21. The molecule has 0 unspecified atom stereocenters. The number of thiophene rings is 1. The number of fused-ring (bicyclic) bond motifs is 1. The van der Waals surface area contributed by atoms with Crippen LogP contribution in [0.1, 0.15) is 32.1 Å². The molecule has 142 valence electrons. The Morgan fingerprint density at radius 2 is 2.04 bits per heavy atom. The van der Waals surface area contributed by atoms with E-state index in [1.165, 1.54) is 15.1 Å². The molecule has 2 N–H and O–H groups in total. The monoisotopic (exact) mass is 383 g/mol. The number of H-pyrrole nitrogens is 1. The number of aryl methyl sites for hydroxylation is 2. The van der Waals surface area contributed by atoms with Crippen LogP contribution >= 0.6 is 11.3 Å². The molecule has 0 bridgehead atoms. The molecule has 0 atom stereocenters. The van der Waals surface area contributed by atoms with Gasteiger partial charge >= 0.3 is 0 Å². The minimum atomic E-state index is -0.0393. The van der Waals surface area contributed by atoms with Crippen LogP contribution in [0.5, 0.6) is 0 Å². The molecule has 0 radical (unpaired) electrons. The predicted molar refractivity (Wildman–Crippen MR) is 109 cm³/mol. The first-order valence-corrected chi connectivity index (χ1v) is 10.2. The molecular formula is C21H25N3O2S. The van der Waals surface area contributed by atoms with E-state index >= 15 is 0 Å². The van der Waals surface area contributed by atoms with E-state index < -0.39 is 0 Å². The Hall–Kier alpha value is -2.15. The minimum Gasteiger partial charge on any atom is -0.379 e. The molecule has 0 spiro atoms. The van der Waals surface area contributed by atoms with Crippen LogP contribution in [0.2, 0.25) is 0 Å². The van der Waals surface area contributed by atoms with Crippen molar-refractivity contribution < 1.29 is 9.53 Å². The summed E-state index contributed by atoms with van der Waals surface area (Å²) in [7, 11) is 0. The number of amides is 1. The normalized spacial score (nSPS) is 15.3. The van der Waals surface area contributed by atoms with Crippen molar-refractivity contribution >= 4 is 27.5 Å². The second kappa shape index (κ2) is 7.84. The number of benzene rings is 1. The van der Waals surface area contributed by atoms with Crippen molar-refractivity contribution in [2.24, 2.45) is 0 Å². The average Bonchev–Trinajstić information content (AvgIpc) is 3.19. The summed E-state index contributed by atoms with van der Waals surface area (Å²) in [6.45, 7) is 8.80. The topological polar surface area (TPSA) is 57.4 Å². The highest BCUT2D eigenvalue weighted by atomic mass is 32.1. The molecule has 5 nitrogen and oxygen atoms in total. The second-order valence-electron chi connectivity index (χ2n) is 7.08. The van der Waals surface area contributed by atoms with Crippen molar-refractivity contribution in [2.45, 2.75) is 26.9 Å². The summed E-state index contributed by atoms with van der Waals surface area (Å²) >= 11 is 1.75. The van der Waals surface area contributed by atoms with Gasteiger partial charge in [-0.3, -0.25) is 9.69 Å². The zero-order valence-corrected chi connectivity index (χ0v) is 16.6. The summed E-state index contributed by atoms with van der Waals surface area (Å²) in [6.07, 6.45) is 0. The van der Waals surface area contributed by atoms with Gasteiger partial charge in [0.1, 0.15) is 5.69 Å². The van der Waals surface area contributed by atoms with E-state index in [2.05, 4.69) is 47.2 Å². The molecule has 3 aromatic rings. The lowest BCUT2D eigenvalue weighted by atomic mass is 10.1. The van der Waals surface area contributed by atoms with Gasteiger partial charge in [-0.1, -0.05) is 24.3 Å². The SMILES string of the molecule is Cc1cc2[nH]c(C(=O)NCc3ccccc3C)c(CN3CCOCC3)c2s1. The van der Waals surface area contributed by atoms with Crippen molar-refractivity contribution in [2.75, 3.05) is 26.3 Å². The molecule has 1 saturated heterocycles. The number of aromatic amines is 1. The molecular weight excluding hydrogens is 358 g/mol. The Balaban J connectivity index is 1.57. The fourth-order valence-electron chi connectivity index (χ4n) is 3.55. The van der Waals surface area contributed by atoms with E-state index in [9.17, 15) is 4.79 Å². The van der Waals surface area contributed by atoms with E-state index in [-0.39, 0.29) is 5.91 Å². The van der Waals surface area contributed by atoms with E-state index in [0.29, 0.717) is 12.2 Å². The third-order valence-electron chi connectivity index (χ3n) is 5.10. The molecule has 1 aromatic carbocycles. The number of aromatic nitrogens is 1. The van der Waals surface area contributed by atoms with Crippen LogP contribution in [-0.4, -0.2) is 42.1 Å². The van der Waals surface area contributed by atoms with Gasteiger partial charge in [-0.2, -0.15) is 0 Å². The molecule has 0 saturated carbocycles. The maximum atomic E-state index is 13.0. The van der Waals surface area contributed by atoms with Crippen LogP contribution in [0.25, 0.3) is 10.2 Å². The molecule has 0 aliphatic carbocycles. The van der Waals surface area contributed by atoms with Crippen LogP contribution in [0.3, 0.4) is 0 Å². The van der Waals surface area contributed by atoms with Crippen molar-refractivity contribution in [1.29, 1.82) is 0 Å². The van der Waals surface area contributed by atoms with Crippen molar-refractivity contribution in [3.8, 4) is 0 Å². The molecule has 1 aliphatic rings. The lowest BCUT2D eigenvalue weighted by Crippen LogP contribution is -2.36. The van der Waals surface area contributed by atoms with Crippen LogP contribution in [0, 0.1) is 13.8 Å². The van der Waals surface area contributed by atoms with Crippen LogP contribution < -0.4 is 5.32 Å². The van der Waals surface area contributed by atoms with Gasteiger partial charge in [-0.25, -0.2) is 0 Å². The van der Waals surface area contributed by atoms with Crippen LogP contribution in [0.15, 0.2) is 30.3 Å². The van der Waals surface area contributed by atoms with Gasteiger partial charge < -0.3 is 15.0 Å². The Kier molecular flexibility index (Phi) is 5.29. The lowest BCUT2D eigenvalue weighted by molar-refractivity contribution is 0.0342. The quantitative estimate of drug-likeness (QED) is 0.708. The molecule has 1 fully saturated rings. The van der Waals surface area contributed by atoms with Gasteiger partial charge in [-0.05, 0) is 31.0 Å². The first-order chi connectivity index (χ1) is 13.1. The van der Waals surface area contributed by atoms with Gasteiger partial charge in [-0.15, -0.1) is 11.3 Å². The summed E-state index contributed by atoms with van der Waals surface area (Å²) in [5, 5.41) is 3.09. The highest BCUT2D eigenvalue weighted by molar-refractivity contribution is 7.19. The summed E-state index contributed by atoms with van der Waals surface area (Å²) in [6, 6.07) is 10.3. The zero-order chi connectivity index (χ0) is 18.8.